The number of hydrogen-bond acceptors (Lipinski definition) is 7. The highest BCUT2D eigenvalue weighted by Gasteiger charge is 2.45. The van der Waals surface area contributed by atoms with Crippen molar-refractivity contribution in [3.8, 4) is 11.4 Å². The lowest BCUT2D eigenvalue weighted by Gasteiger charge is -2.31. The van der Waals surface area contributed by atoms with Crippen molar-refractivity contribution in [1.82, 2.24) is 9.55 Å². The number of benzene rings is 1. The molecule has 0 bridgehead atoms. The molecule has 2 aromatic heterocycles. The van der Waals surface area contributed by atoms with Crippen LogP contribution in [0.4, 0.5) is 11.4 Å². The number of esters is 1. The summed E-state index contributed by atoms with van der Waals surface area (Å²) in [6.45, 7) is 9.27. The van der Waals surface area contributed by atoms with Crippen LogP contribution in [0.2, 0.25) is 0 Å². The van der Waals surface area contributed by atoms with E-state index in [1.165, 1.54) is 0 Å². The monoisotopic (exact) mass is 462 g/mol. The number of carbonyl (C=O) groups is 1. The molecule has 178 valence electrons. The first-order valence-electron chi connectivity index (χ1n) is 11.7. The zero-order valence-electron chi connectivity index (χ0n) is 20.0. The summed E-state index contributed by atoms with van der Waals surface area (Å²) in [4.78, 5) is 30.7. The van der Waals surface area contributed by atoms with Crippen LogP contribution in [-0.2, 0) is 28.3 Å². The van der Waals surface area contributed by atoms with E-state index >= 15 is 0 Å². The lowest BCUT2D eigenvalue weighted by molar-refractivity contribution is -0.172. The summed E-state index contributed by atoms with van der Waals surface area (Å²) in [5.74, 6) is -0.725. The molecule has 2 aliphatic heterocycles. The molecule has 3 aromatic rings. The fraction of sp³-hybridized carbons (Fsp3) is 0.423. The molecule has 1 aromatic carbocycles. The number of pyridine rings is 2. The smallest absolute Gasteiger partial charge is 0.343 e. The van der Waals surface area contributed by atoms with Gasteiger partial charge in [-0.05, 0) is 42.5 Å². The van der Waals surface area contributed by atoms with Gasteiger partial charge >= 0.3 is 5.97 Å². The van der Waals surface area contributed by atoms with Crippen molar-refractivity contribution in [2.24, 2.45) is 5.41 Å². The van der Waals surface area contributed by atoms with Gasteiger partial charge in [-0.15, -0.1) is 0 Å². The van der Waals surface area contributed by atoms with E-state index in [0.29, 0.717) is 34.7 Å². The highest BCUT2D eigenvalue weighted by atomic mass is 16.6. The van der Waals surface area contributed by atoms with E-state index in [4.69, 9.17) is 15.5 Å². The Kier molecular flexibility index (Phi) is 4.98. The van der Waals surface area contributed by atoms with Crippen molar-refractivity contribution in [2.75, 3.05) is 17.6 Å². The Labute approximate surface area is 197 Å². The fourth-order valence-corrected chi connectivity index (χ4v) is 4.83. The van der Waals surface area contributed by atoms with Crippen molar-refractivity contribution in [1.29, 1.82) is 0 Å². The van der Waals surface area contributed by atoms with Crippen molar-refractivity contribution < 1.29 is 14.6 Å². The number of nitrogens with one attached hydrogen (secondary N) is 1. The zero-order chi connectivity index (χ0) is 24.4. The van der Waals surface area contributed by atoms with Gasteiger partial charge in [0.15, 0.2) is 5.60 Å². The van der Waals surface area contributed by atoms with Gasteiger partial charge in [-0.1, -0.05) is 27.7 Å². The summed E-state index contributed by atoms with van der Waals surface area (Å²) in [6.07, 6.45) is 1.09. The number of nitrogens with two attached hydrogens (primary N) is 1. The molecule has 0 radical (unpaired) electrons. The van der Waals surface area contributed by atoms with E-state index in [1.54, 1.807) is 17.6 Å². The van der Waals surface area contributed by atoms with Gasteiger partial charge in [0.25, 0.3) is 5.56 Å². The Balaban J connectivity index is 1.66. The number of anilines is 2. The first kappa shape index (κ1) is 22.4. The molecule has 1 atom stereocenters. The third-order valence-corrected chi connectivity index (χ3v) is 6.82. The summed E-state index contributed by atoms with van der Waals surface area (Å²) in [7, 11) is 0. The molecular weight excluding hydrogens is 432 g/mol. The van der Waals surface area contributed by atoms with Gasteiger partial charge in [-0.2, -0.15) is 0 Å². The molecule has 4 N–H and O–H groups in total. The molecule has 34 heavy (non-hydrogen) atoms. The fourth-order valence-electron chi connectivity index (χ4n) is 4.83. The quantitative estimate of drug-likeness (QED) is 0.314. The van der Waals surface area contributed by atoms with E-state index in [9.17, 15) is 14.7 Å². The van der Waals surface area contributed by atoms with E-state index < -0.39 is 11.6 Å². The normalized spacial score (nSPS) is 18.9. The van der Waals surface area contributed by atoms with Gasteiger partial charge in [0.05, 0.1) is 34.7 Å². The molecule has 5 rings (SSSR count). The van der Waals surface area contributed by atoms with E-state index in [-0.39, 0.29) is 24.0 Å². The minimum atomic E-state index is -1.84. The van der Waals surface area contributed by atoms with Crippen LogP contribution in [0.5, 0.6) is 0 Å². The van der Waals surface area contributed by atoms with Crippen molar-refractivity contribution in [2.45, 2.75) is 59.3 Å². The SMILES string of the molecule is CC[C@@]1(O)C(=O)OCc2c1cc1n(c2=O)Cc2cc3cc(N)cc(NCCC(C)(C)C)c3nc2-1. The number of aliphatic hydroxyl groups is 1. The first-order chi connectivity index (χ1) is 16.0. The summed E-state index contributed by atoms with van der Waals surface area (Å²) in [6, 6.07) is 7.51. The molecule has 4 heterocycles. The van der Waals surface area contributed by atoms with Gasteiger partial charge in [0.2, 0.25) is 0 Å². The number of nitrogen functional groups attached to an aromatic ring is 1. The number of aromatic nitrogens is 2. The third-order valence-electron chi connectivity index (χ3n) is 6.82. The number of hydrogen-bond donors (Lipinski definition) is 3. The molecular formula is C26H30N4O4. The maximum absolute atomic E-state index is 13.3. The van der Waals surface area contributed by atoms with Crippen LogP contribution in [0.1, 0.15) is 57.2 Å². The standard InChI is InChI=1S/C26H30N4O4/c1-5-26(33)18-11-20-22-15(12-30(20)23(31)17(18)13-34-24(26)32)8-14-9-16(27)10-19(21(14)29-22)28-7-6-25(2,3)4/h8-11,28,33H,5-7,12-13,27H2,1-4H3/t26-/m0/s1. The Bertz CT molecular complexity index is 1400. The van der Waals surface area contributed by atoms with Crippen LogP contribution < -0.4 is 16.6 Å². The number of ether oxygens (including phenoxy) is 1. The van der Waals surface area contributed by atoms with Crippen LogP contribution >= 0.6 is 0 Å². The maximum Gasteiger partial charge on any atom is 0.343 e. The Morgan fingerprint density at radius 2 is 2.00 bits per heavy atom. The molecule has 0 unspecified atom stereocenters. The van der Waals surface area contributed by atoms with Crippen LogP contribution in [0, 0.1) is 5.41 Å². The predicted molar refractivity (Wildman–Crippen MR) is 131 cm³/mol. The molecule has 8 nitrogen and oxygen atoms in total. The van der Waals surface area contributed by atoms with E-state index in [0.717, 1.165) is 35.1 Å². The predicted octanol–water partition coefficient (Wildman–Crippen LogP) is 3.51. The number of rotatable bonds is 4. The maximum atomic E-state index is 13.3. The Morgan fingerprint density at radius 3 is 2.71 bits per heavy atom. The molecule has 0 saturated carbocycles. The second-order valence-corrected chi connectivity index (χ2v) is 10.5. The number of cyclic esters (lactones) is 1. The zero-order valence-corrected chi connectivity index (χ0v) is 20.0. The second-order valence-electron chi connectivity index (χ2n) is 10.5. The van der Waals surface area contributed by atoms with Crippen molar-refractivity contribution in [3.05, 3.63) is 51.3 Å². The van der Waals surface area contributed by atoms with Gasteiger partial charge in [0, 0.05) is 28.7 Å². The number of carbonyl (C=O) groups excluding carboxylic acids is 1. The van der Waals surface area contributed by atoms with Crippen LogP contribution in [0.15, 0.2) is 29.1 Å². The summed E-state index contributed by atoms with van der Waals surface area (Å²) >= 11 is 0. The largest absolute Gasteiger partial charge is 0.458 e. The van der Waals surface area contributed by atoms with Crippen LogP contribution in [0.3, 0.4) is 0 Å². The lowest BCUT2D eigenvalue weighted by atomic mass is 9.86. The molecule has 0 amide bonds. The summed E-state index contributed by atoms with van der Waals surface area (Å²) in [5, 5.41) is 15.4. The second kappa shape index (κ2) is 7.56. The van der Waals surface area contributed by atoms with Gasteiger partial charge in [-0.3, -0.25) is 4.79 Å². The summed E-state index contributed by atoms with van der Waals surface area (Å²) < 4.78 is 6.78. The highest BCUT2D eigenvalue weighted by Crippen LogP contribution is 2.39. The topological polar surface area (TPSA) is 119 Å². The minimum Gasteiger partial charge on any atom is -0.458 e. The molecule has 2 aliphatic rings. The van der Waals surface area contributed by atoms with Gasteiger partial charge in [0.1, 0.15) is 6.61 Å². The first-order valence-corrected chi connectivity index (χ1v) is 11.7. The molecule has 0 aliphatic carbocycles. The third kappa shape index (κ3) is 3.44. The van der Waals surface area contributed by atoms with Gasteiger partial charge in [-0.25, -0.2) is 9.78 Å². The lowest BCUT2D eigenvalue weighted by Crippen LogP contribution is -2.44. The molecule has 0 saturated heterocycles. The van der Waals surface area contributed by atoms with E-state index in [2.05, 4.69) is 26.1 Å². The van der Waals surface area contributed by atoms with Crippen molar-refractivity contribution in [3.63, 3.8) is 0 Å². The van der Waals surface area contributed by atoms with Crippen molar-refractivity contribution >= 4 is 28.2 Å². The van der Waals surface area contributed by atoms with Crippen LogP contribution in [-0.4, -0.2) is 27.2 Å². The highest BCUT2D eigenvalue weighted by molar-refractivity contribution is 5.96. The molecule has 0 spiro atoms. The summed E-state index contributed by atoms with van der Waals surface area (Å²) in [5.41, 5.74) is 9.32. The average molecular weight is 463 g/mol. The Hall–Kier alpha value is -3.39. The van der Waals surface area contributed by atoms with Crippen LogP contribution in [0.25, 0.3) is 22.3 Å². The van der Waals surface area contributed by atoms with Gasteiger partial charge < -0.3 is 25.5 Å². The molecule has 8 heteroatoms. The Morgan fingerprint density at radius 1 is 1.24 bits per heavy atom. The average Bonchev–Trinajstić information content (AvgIpc) is 3.12. The molecule has 0 fully saturated rings. The van der Waals surface area contributed by atoms with E-state index in [1.807, 2.05) is 18.2 Å². The minimum absolute atomic E-state index is 0.112. The number of nitrogens with zero attached hydrogens (tertiary/aromatic N) is 2. The number of fused-ring (bicyclic) bond motifs is 5.